The molecule has 2 N–H and O–H groups in total. The molecule has 0 spiro atoms. The predicted molar refractivity (Wildman–Crippen MR) is 107 cm³/mol. The molecule has 3 aromatic rings. The summed E-state index contributed by atoms with van der Waals surface area (Å²) in [5.41, 5.74) is 0.916. The number of thiazole rings is 1. The molecule has 0 aliphatic rings. The van der Waals surface area contributed by atoms with Crippen molar-refractivity contribution < 1.29 is 31.9 Å². The lowest BCUT2D eigenvalue weighted by molar-refractivity contribution is -0.115. The number of primary sulfonamides is 1. The number of amides is 1. The van der Waals surface area contributed by atoms with E-state index >= 15 is 0 Å². The first-order valence-electron chi connectivity index (χ1n) is 8.38. The number of furan rings is 1. The molecule has 2 heterocycles. The lowest BCUT2D eigenvalue weighted by Gasteiger charge is -2.20. The molecule has 2 aromatic heterocycles. The van der Waals surface area contributed by atoms with Crippen LogP contribution in [-0.4, -0.2) is 32.4 Å². The molecule has 0 unspecified atom stereocenters. The third-order valence-electron chi connectivity index (χ3n) is 3.79. The van der Waals surface area contributed by atoms with Gasteiger partial charge >= 0.3 is 5.97 Å². The van der Waals surface area contributed by atoms with E-state index in [9.17, 15) is 18.0 Å². The van der Waals surface area contributed by atoms with Gasteiger partial charge in [0, 0.05) is 12.3 Å². The number of ether oxygens (including phenoxy) is 2. The van der Waals surface area contributed by atoms with Crippen LogP contribution >= 0.6 is 11.3 Å². The number of methoxy groups -OCH3 is 1. The van der Waals surface area contributed by atoms with E-state index in [-0.39, 0.29) is 18.3 Å². The lowest BCUT2D eigenvalue weighted by Crippen LogP contribution is -2.23. The number of nitrogens with zero attached hydrogens (tertiary/aromatic N) is 2. The molecule has 12 heteroatoms. The molecule has 0 aliphatic heterocycles. The zero-order valence-electron chi connectivity index (χ0n) is 15.9. The molecule has 3 rings (SSSR count). The quantitative estimate of drug-likeness (QED) is 0.540. The summed E-state index contributed by atoms with van der Waals surface area (Å²) in [6.45, 7) is 1.19. The molecule has 0 fully saturated rings. The second kappa shape index (κ2) is 8.65. The summed E-state index contributed by atoms with van der Waals surface area (Å²) in [5, 5.41) is 6.39. The zero-order valence-corrected chi connectivity index (χ0v) is 17.5. The van der Waals surface area contributed by atoms with Gasteiger partial charge in [0.2, 0.25) is 16.8 Å². The van der Waals surface area contributed by atoms with E-state index in [1.165, 1.54) is 30.3 Å². The van der Waals surface area contributed by atoms with Crippen molar-refractivity contribution in [3.8, 4) is 5.75 Å². The Kier molecular flexibility index (Phi) is 6.20. The van der Waals surface area contributed by atoms with Crippen molar-refractivity contribution in [2.45, 2.75) is 18.6 Å². The van der Waals surface area contributed by atoms with Crippen LogP contribution in [0, 0.1) is 0 Å². The summed E-state index contributed by atoms with van der Waals surface area (Å²) in [7, 11) is -2.56. The number of nitrogens with two attached hydrogens (primary N) is 1. The molecule has 1 amide bonds. The average Bonchev–Trinajstić information content (AvgIpc) is 3.36. The monoisotopic (exact) mass is 451 g/mol. The Morgan fingerprint density at radius 1 is 1.23 bits per heavy atom. The summed E-state index contributed by atoms with van der Waals surface area (Å²) < 4.78 is 37.7. The highest BCUT2D eigenvalue weighted by molar-refractivity contribution is 7.89. The fourth-order valence-corrected chi connectivity index (χ4v) is 3.81. The maximum atomic E-state index is 12.2. The SMILES string of the molecule is COc1ccccc1N(C(C)=O)c1nc(COC(=O)c2ccc(S(N)(=O)=O)o2)cs1. The number of hydrogen-bond acceptors (Lipinski definition) is 9. The van der Waals surface area contributed by atoms with E-state index in [1.807, 2.05) is 0 Å². The van der Waals surface area contributed by atoms with Gasteiger partial charge < -0.3 is 13.9 Å². The summed E-state index contributed by atoms with van der Waals surface area (Å²) >= 11 is 1.18. The van der Waals surface area contributed by atoms with E-state index in [0.29, 0.717) is 22.3 Å². The van der Waals surface area contributed by atoms with Crippen molar-refractivity contribution in [3.05, 3.63) is 53.2 Å². The van der Waals surface area contributed by atoms with Crippen LogP contribution in [0.5, 0.6) is 5.75 Å². The highest BCUT2D eigenvalue weighted by Gasteiger charge is 2.22. The summed E-state index contributed by atoms with van der Waals surface area (Å²) in [6.07, 6.45) is 0. The van der Waals surface area contributed by atoms with Crippen LogP contribution in [0.15, 0.2) is 51.3 Å². The van der Waals surface area contributed by atoms with E-state index in [1.54, 1.807) is 29.6 Å². The molecular formula is C18H17N3O7S2. The number of benzene rings is 1. The predicted octanol–water partition coefficient (Wildman–Crippen LogP) is 2.43. The van der Waals surface area contributed by atoms with Crippen LogP contribution in [0.1, 0.15) is 23.2 Å². The van der Waals surface area contributed by atoms with Crippen LogP contribution in [0.4, 0.5) is 10.8 Å². The first-order chi connectivity index (χ1) is 14.2. The topological polar surface area (TPSA) is 142 Å². The van der Waals surface area contributed by atoms with Crippen LogP contribution in [0.3, 0.4) is 0 Å². The first kappa shape index (κ1) is 21.5. The van der Waals surface area contributed by atoms with Crippen molar-refractivity contribution in [3.63, 3.8) is 0 Å². The van der Waals surface area contributed by atoms with Gasteiger partial charge in [-0.05, 0) is 24.3 Å². The van der Waals surface area contributed by atoms with Gasteiger partial charge in [-0.15, -0.1) is 11.3 Å². The van der Waals surface area contributed by atoms with Gasteiger partial charge in [0.25, 0.3) is 10.0 Å². The number of esters is 1. The third kappa shape index (κ3) is 4.67. The number of hydrogen-bond donors (Lipinski definition) is 1. The summed E-state index contributed by atoms with van der Waals surface area (Å²) in [6, 6.07) is 9.20. The minimum absolute atomic E-state index is 0.210. The molecule has 0 atom stereocenters. The maximum Gasteiger partial charge on any atom is 0.374 e. The maximum absolute atomic E-state index is 12.2. The molecule has 0 aliphatic carbocycles. The Labute approximate surface area is 175 Å². The van der Waals surface area contributed by atoms with Gasteiger partial charge in [-0.25, -0.2) is 23.3 Å². The molecule has 0 radical (unpaired) electrons. The smallest absolute Gasteiger partial charge is 0.374 e. The molecule has 158 valence electrons. The van der Waals surface area contributed by atoms with Gasteiger partial charge in [-0.1, -0.05) is 12.1 Å². The van der Waals surface area contributed by atoms with Crippen molar-refractivity contribution in [1.82, 2.24) is 4.98 Å². The molecule has 10 nitrogen and oxygen atoms in total. The molecule has 0 saturated heterocycles. The Morgan fingerprint density at radius 2 is 1.97 bits per heavy atom. The van der Waals surface area contributed by atoms with Crippen LogP contribution in [0.2, 0.25) is 0 Å². The third-order valence-corrected chi connectivity index (χ3v) is 5.44. The number of carbonyl (C=O) groups is 2. The largest absolute Gasteiger partial charge is 0.495 e. The normalized spacial score (nSPS) is 11.2. The van der Waals surface area contributed by atoms with E-state index in [4.69, 9.17) is 19.0 Å². The van der Waals surface area contributed by atoms with Crippen molar-refractivity contribution in [1.29, 1.82) is 0 Å². The fourth-order valence-electron chi connectivity index (χ4n) is 2.48. The van der Waals surface area contributed by atoms with E-state index in [2.05, 4.69) is 4.98 Å². The minimum atomic E-state index is -4.06. The van der Waals surface area contributed by atoms with Crippen LogP contribution < -0.4 is 14.8 Å². The van der Waals surface area contributed by atoms with Crippen LogP contribution in [0.25, 0.3) is 0 Å². The molecule has 30 heavy (non-hydrogen) atoms. The van der Waals surface area contributed by atoms with Gasteiger partial charge in [0.05, 0.1) is 18.5 Å². The van der Waals surface area contributed by atoms with Gasteiger partial charge in [0.1, 0.15) is 12.4 Å². The number of rotatable bonds is 7. The molecule has 1 aromatic carbocycles. The number of anilines is 2. The van der Waals surface area contributed by atoms with Crippen molar-refractivity contribution in [2.24, 2.45) is 5.14 Å². The summed E-state index contributed by atoms with van der Waals surface area (Å²) in [4.78, 5) is 30.0. The standard InChI is InChI=1S/C18H17N3O7S2/c1-11(22)21(13-5-3-4-6-14(13)26-2)18-20-12(10-29-18)9-27-17(23)15-7-8-16(28-15)30(19,24)25/h3-8,10H,9H2,1-2H3,(H2,19,24,25). The number of para-hydroxylation sites is 2. The van der Waals surface area contributed by atoms with Gasteiger partial charge in [0.15, 0.2) is 5.13 Å². The lowest BCUT2D eigenvalue weighted by atomic mass is 10.2. The van der Waals surface area contributed by atoms with Crippen molar-refractivity contribution >= 4 is 44.1 Å². The van der Waals surface area contributed by atoms with Crippen molar-refractivity contribution in [2.75, 3.05) is 12.0 Å². The molecular weight excluding hydrogens is 434 g/mol. The average molecular weight is 451 g/mol. The number of carbonyl (C=O) groups excluding carboxylic acids is 2. The van der Waals surface area contributed by atoms with E-state index < -0.39 is 21.1 Å². The Morgan fingerprint density at radius 3 is 2.60 bits per heavy atom. The summed E-state index contributed by atoms with van der Waals surface area (Å²) in [5.74, 6) is -0.968. The zero-order chi connectivity index (χ0) is 21.9. The van der Waals surface area contributed by atoms with Gasteiger partial charge in [-0.3, -0.25) is 9.69 Å². The number of aromatic nitrogens is 1. The Balaban J connectivity index is 1.74. The Hall–Kier alpha value is -3.22. The van der Waals surface area contributed by atoms with Crippen LogP contribution in [-0.2, 0) is 26.2 Å². The molecule has 0 saturated carbocycles. The fraction of sp³-hybridized carbons (Fsp3) is 0.167. The highest BCUT2D eigenvalue weighted by atomic mass is 32.2. The second-order valence-electron chi connectivity index (χ2n) is 5.89. The number of sulfonamides is 1. The first-order valence-corrected chi connectivity index (χ1v) is 10.8. The Bertz CT molecular complexity index is 1180. The van der Waals surface area contributed by atoms with Gasteiger partial charge in [-0.2, -0.15) is 0 Å². The van der Waals surface area contributed by atoms with E-state index in [0.717, 1.165) is 12.1 Å². The molecule has 0 bridgehead atoms. The second-order valence-corrected chi connectivity index (χ2v) is 8.22. The minimum Gasteiger partial charge on any atom is -0.495 e. The highest BCUT2D eigenvalue weighted by Crippen LogP contribution is 2.35.